The minimum absolute atomic E-state index is 0.132. The van der Waals surface area contributed by atoms with Gasteiger partial charge in [0.15, 0.2) is 0 Å². The Bertz CT molecular complexity index is 799. The summed E-state index contributed by atoms with van der Waals surface area (Å²) < 4.78 is 28.0. The van der Waals surface area contributed by atoms with Crippen LogP contribution >= 0.6 is 0 Å². The third-order valence-corrected chi connectivity index (χ3v) is 6.52. The second kappa shape index (κ2) is 8.20. The molecule has 1 atom stereocenters. The molecular formula is C20H28N3O2S+. The minimum atomic E-state index is -3.49. The topological polar surface area (TPSA) is 53.9 Å². The number of nitrogens with zero attached hydrogens (tertiary/aromatic N) is 1. The molecule has 6 heteroatoms. The average Bonchev–Trinajstić information content (AvgIpc) is 3.17. The normalized spacial score (nSPS) is 16.5. The molecule has 1 saturated heterocycles. The molecule has 0 radical (unpaired) electrons. The number of anilines is 1. The number of hydrogen-bond acceptors (Lipinski definition) is 3. The van der Waals surface area contributed by atoms with E-state index in [1.54, 1.807) is 24.3 Å². The summed E-state index contributed by atoms with van der Waals surface area (Å²) in [5.74, 6) is 0. The van der Waals surface area contributed by atoms with Crippen LogP contribution in [0.25, 0.3) is 0 Å². The van der Waals surface area contributed by atoms with Crippen molar-refractivity contribution in [1.29, 1.82) is 0 Å². The number of likely N-dealkylation sites (tertiary alicyclic amines) is 1. The van der Waals surface area contributed by atoms with Crippen molar-refractivity contribution in [3.63, 3.8) is 0 Å². The first-order valence-corrected chi connectivity index (χ1v) is 10.6. The van der Waals surface area contributed by atoms with Crippen molar-refractivity contribution in [2.75, 3.05) is 38.6 Å². The summed E-state index contributed by atoms with van der Waals surface area (Å²) >= 11 is 0. The van der Waals surface area contributed by atoms with Gasteiger partial charge in [-0.2, -0.15) is 0 Å². The summed E-state index contributed by atoms with van der Waals surface area (Å²) in [7, 11) is 0.554. The van der Waals surface area contributed by atoms with Crippen LogP contribution < -0.4 is 14.5 Å². The van der Waals surface area contributed by atoms with E-state index in [9.17, 15) is 8.42 Å². The van der Waals surface area contributed by atoms with Crippen LogP contribution in [0.2, 0.25) is 0 Å². The fourth-order valence-corrected chi connectivity index (χ4v) is 4.62. The van der Waals surface area contributed by atoms with Gasteiger partial charge in [0.05, 0.1) is 24.5 Å². The highest BCUT2D eigenvalue weighted by Gasteiger charge is 2.29. The molecule has 1 aliphatic rings. The van der Waals surface area contributed by atoms with E-state index in [1.807, 2.05) is 20.2 Å². The van der Waals surface area contributed by atoms with E-state index in [2.05, 4.69) is 33.9 Å². The van der Waals surface area contributed by atoms with Gasteiger partial charge in [0.2, 0.25) is 10.0 Å². The fourth-order valence-electron chi connectivity index (χ4n) is 3.56. The lowest BCUT2D eigenvalue weighted by Gasteiger charge is -2.26. The van der Waals surface area contributed by atoms with Gasteiger partial charge in [-0.05, 0) is 24.3 Å². The van der Waals surface area contributed by atoms with Gasteiger partial charge in [0.1, 0.15) is 6.04 Å². The van der Waals surface area contributed by atoms with Crippen LogP contribution in [0.1, 0.15) is 24.4 Å². The largest absolute Gasteiger partial charge is 0.378 e. The second-order valence-electron chi connectivity index (χ2n) is 7.07. The van der Waals surface area contributed by atoms with Crippen LogP contribution in [-0.2, 0) is 10.0 Å². The number of benzene rings is 2. The van der Waals surface area contributed by atoms with E-state index in [4.69, 9.17) is 0 Å². The average molecular weight is 375 g/mol. The Kier molecular flexibility index (Phi) is 5.96. The summed E-state index contributed by atoms with van der Waals surface area (Å²) in [5.41, 5.74) is 2.33. The fraction of sp³-hybridized carbons (Fsp3) is 0.400. The lowest BCUT2D eigenvalue weighted by atomic mass is 10.1. The Morgan fingerprint density at radius 3 is 2.19 bits per heavy atom. The molecule has 0 saturated carbocycles. The maximum absolute atomic E-state index is 12.6. The van der Waals surface area contributed by atoms with Gasteiger partial charge in [-0.1, -0.05) is 30.3 Å². The van der Waals surface area contributed by atoms with Crippen LogP contribution in [-0.4, -0.2) is 42.1 Å². The van der Waals surface area contributed by atoms with Crippen LogP contribution in [0, 0.1) is 0 Å². The van der Waals surface area contributed by atoms with Crippen molar-refractivity contribution < 1.29 is 13.3 Å². The lowest BCUT2D eigenvalue weighted by Crippen LogP contribution is -3.11. The molecule has 1 fully saturated rings. The number of quaternary nitrogens is 1. The maximum Gasteiger partial charge on any atom is 0.240 e. The maximum atomic E-state index is 12.6. The molecule has 0 bridgehead atoms. The van der Waals surface area contributed by atoms with Crippen molar-refractivity contribution in [2.24, 2.45) is 0 Å². The van der Waals surface area contributed by atoms with E-state index in [0.717, 1.165) is 18.8 Å². The van der Waals surface area contributed by atoms with Gasteiger partial charge in [0, 0.05) is 38.2 Å². The number of hydrogen-bond donors (Lipinski definition) is 2. The number of rotatable bonds is 7. The van der Waals surface area contributed by atoms with Gasteiger partial charge in [-0.25, -0.2) is 13.1 Å². The standard InChI is InChI=1S/C20H27N3O2S/c1-22(2)18-12-10-17(11-13-18)20(23-14-6-7-15-23)16-21-26(24,25)19-8-4-3-5-9-19/h3-5,8-13,20-21H,6-7,14-16H2,1-2H3/p+1/t20-/m1/s1. The quantitative estimate of drug-likeness (QED) is 0.771. The Morgan fingerprint density at radius 2 is 1.62 bits per heavy atom. The molecule has 0 amide bonds. The molecule has 0 aliphatic carbocycles. The predicted molar refractivity (Wildman–Crippen MR) is 105 cm³/mol. The molecule has 0 unspecified atom stereocenters. The van der Waals surface area contributed by atoms with Crippen LogP contribution in [0.3, 0.4) is 0 Å². The Balaban J connectivity index is 1.78. The molecule has 0 spiro atoms. The zero-order chi connectivity index (χ0) is 18.6. The SMILES string of the molecule is CN(C)c1ccc([C@@H](CNS(=O)(=O)c2ccccc2)[NH+]2CCCC2)cc1. The van der Waals surface area contributed by atoms with E-state index in [1.165, 1.54) is 23.3 Å². The number of nitrogens with one attached hydrogen (secondary N) is 2. The van der Waals surface area contributed by atoms with E-state index < -0.39 is 10.0 Å². The molecule has 1 heterocycles. The first-order valence-electron chi connectivity index (χ1n) is 9.14. The monoisotopic (exact) mass is 374 g/mol. The van der Waals surface area contributed by atoms with Gasteiger partial charge in [-0.3, -0.25) is 0 Å². The van der Waals surface area contributed by atoms with Gasteiger partial charge >= 0.3 is 0 Å². The molecule has 0 aromatic heterocycles. The highest BCUT2D eigenvalue weighted by molar-refractivity contribution is 7.89. The molecule has 26 heavy (non-hydrogen) atoms. The summed E-state index contributed by atoms with van der Waals surface area (Å²) in [6.45, 7) is 2.59. The van der Waals surface area contributed by atoms with E-state index in [-0.39, 0.29) is 6.04 Å². The number of sulfonamides is 1. The highest BCUT2D eigenvalue weighted by atomic mass is 32.2. The summed E-state index contributed by atoms with van der Waals surface area (Å²) in [4.78, 5) is 3.84. The molecule has 2 N–H and O–H groups in total. The van der Waals surface area contributed by atoms with Crippen molar-refractivity contribution in [3.8, 4) is 0 Å². The van der Waals surface area contributed by atoms with Crippen LogP contribution in [0.5, 0.6) is 0 Å². The Hall–Kier alpha value is -1.89. The molecule has 2 aromatic carbocycles. The van der Waals surface area contributed by atoms with Gasteiger partial charge in [0.25, 0.3) is 0 Å². The van der Waals surface area contributed by atoms with Crippen LogP contribution in [0.15, 0.2) is 59.5 Å². The van der Waals surface area contributed by atoms with Crippen LogP contribution in [0.4, 0.5) is 5.69 Å². The van der Waals surface area contributed by atoms with Crippen molar-refractivity contribution >= 4 is 15.7 Å². The zero-order valence-corrected chi connectivity index (χ0v) is 16.3. The third kappa shape index (κ3) is 4.44. The molecule has 2 aromatic rings. The van der Waals surface area contributed by atoms with Crippen molar-refractivity contribution in [1.82, 2.24) is 4.72 Å². The van der Waals surface area contributed by atoms with E-state index >= 15 is 0 Å². The molecule has 5 nitrogen and oxygen atoms in total. The summed E-state index contributed by atoms with van der Waals surface area (Å²) in [6, 6.07) is 17.2. The highest BCUT2D eigenvalue weighted by Crippen LogP contribution is 2.18. The van der Waals surface area contributed by atoms with Gasteiger partial charge < -0.3 is 9.80 Å². The third-order valence-electron chi connectivity index (χ3n) is 5.08. The first-order chi connectivity index (χ1) is 12.5. The molecule has 3 rings (SSSR count). The first kappa shape index (κ1) is 18.9. The minimum Gasteiger partial charge on any atom is -0.378 e. The summed E-state index contributed by atoms with van der Waals surface area (Å²) in [6.07, 6.45) is 2.40. The lowest BCUT2D eigenvalue weighted by molar-refractivity contribution is -0.918. The zero-order valence-electron chi connectivity index (χ0n) is 15.5. The Morgan fingerprint density at radius 1 is 1.00 bits per heavy atom. The van der Waals surface area contributed by atoms with Crippen molar-refractivity contribution in [3.05, 3.63) is 60.2 Å². The summed E-state index contributed by atoms with van der Waals surface area (Å²) in [5, 5.41) is 0. The molecule has 140 valence electrons. The van der Waals surface area contributed by atoms with Gasteiger partial charge in [-0.15, -0.1) is 0 Å². The van der Waals surface area contributed by atoms with Crippen molar-refractivity contribution in [2.45, 2.75) is 23.8 Å². The molecule has 1 aliphatic heterocycles. The second-order valence-corrected chi connectivity index (χ2v) is 8.84. The van der Waals surface area contributed by atoms with E-state index in [0.29, 0.717) is 11.4 Å². The Labute approximate surface area is 156 Å². The molecular weight excluding hydrogens is 346 g/mol. The predicted octanol–water partition coefficient (Wildman–Crippen LogP) is 1.45. The smallest absolute Gasteiger partial charge is 0.240 e.